The number of nitro groups is 1. The Hall–Kier alpha value is -3.36. The van der Waals surface area contributed by atoms with E-state index in [9.17, 15) is 19.7 Å². The summed E-state index contributed by atoms with van der Waals surface area (Å²) in [7, 11) is 1.32. The van der Waals surface area contributed by atoms with Crippen molar-refractivity contribution >= 4 is 23.3 Å². The molecule has 1 N–H and O–H groups in total. The van der Waals surface area contributed by atoms with Crippen molar-refractivity contribution in [1.82, 2.24) is 0 Å². The smallest absolute Gasteiger partial charge is 0.342 e. The maximum Gasteiger partial charge on any atom is 0.342 e. The molecule has 0 saturated heterocycles. The standard InChI is InChI=1S/C17H18N2O7/c1-9-10(2)26-11(3)16(9)17(21)25-8-15(20)18-13-6-5-12(19(22)23)7-14(13)24-4/h5-7H,8H2,1-4H3,(H,18,20). The quantitative estimate of drug-likeness (QED) is 0.476. The van der Waals surface area contributed by atoms with Crippen LogP contribution in [-0.2, 0) is 9.53 Å². The zero-order valence-corrected chi connectivity index (χ0v) is 14.7. The van der Waals surface area contributed by atoms with E-state index in [2.05, 4.69) is 5.32 Å². The Balaban J connectivity index is 2.03. The number of non-ortho nitro benzene ring substituents is 1. The lowest BCUT2D eigenvalue weighted by molar-refractivity contribution is -0.384. The lowest BCUT2D eigenvalue weighted by Gasteiger charge is -2.10. The number of carbonyl (C=O) groups excluding carboxylic acids is 2. The zero-order chi connectivity index (χ0) is 19.4. The molecule has 0 aliphatic heterocycles. The molecule has 0 atom stereocenters. The Kier molecular flexibility index (Phi) is 5.61. The Morgan fingerprint density at radius 1 is 1.23 bits per heavy atom. The number of benzene rings is 1. The van der Waals surface area contributed by atoms with Crippen LogP contribution in [0.3, 0.4) is 0 Å². The summed E-state index contributed by atoms with van der Waals surface area (Å²) >= 11 is 0. The molecule has 0 aliphatic rings. The highest BCUT2D eigenvalue weighted by atomic mass is 16.6. The molecule has 2 aromatic rings. The summed E-state index contributed by atoms with van der Waals surface area (Å²) in [5, 5.41) is 13.3. The van der Waals surface area contributed by atoms with Gasteiger partial charge >= 0.3 is 5.97 Å². The van der Waals surface area contributed by atoms with Crippen LogP contribution in [0.4, 0.5) is 11.4 Å². The number of nitrogens with zero attached hydrogens (tertiary/aromatic N) is 1. The number of aryl methyl sites for hydroxylation is 2. The molecule has 1 aromatic heterocycles. The summed E-state index contributed by atoms with van der Waals surface area (Å²) < 4.78 is 15.4. The molecule has 0 radical (unpaired) electrons. The zero-order valence-electron chi connectivity index (χ0n) is 14.7. The van der Waals surface area contributed by atoms with Crippen molar-refractivity contribution in [3.63, 3.8) is 0 Å². The van der Waals surface area contributed by atoms with Gasteiger partial charge in [-0.1, -0.05) is 0 Å². The second-order valence-corrected chi connectivity index (χ2v) is 5.48. The van der Waals surface area contributed by atoms with E-state index in [1.165, 1.54) is 25.3 Å². The van der Waals surface area contributed by atoms with E-state index in [0.717, 1.165) is 0 Å². The highest BCUT2D eigenvalue weighted by molar-refractivity contribution is 5.97. The third-order valence-electron chi connectivity index (χ3n) is 3.77. The Morgan fingerprint density at radius 2 is 1.92 bits per heavy atom. The fourth-order valence-electron chi connectivity index (χ4n) is 2.38. The molecule has 9 nitrogen and oxygen atoms in total. The first-order chi connectivity index (χ1) is 12.2. The van der Waals surface area contributed by atoms with Gasteiger partial charge in [-0.25, -0.2) is 4.79 Å². The molecule has 9 heteroatoms. The van der Waals surface area contributed by atoms with E-state index in [1.54, 1.807) is 20.8 Å². The molecule has 0 fully saturated rings. The fraction of sp³-hybridized carbons (Fsp3) is 0.294. The van der Waals surface area contributed by atoms with Gasteiger partial charge in [-0.15, -0.1) is 0 Å². The molecule has 0 saturated carbocycles. The van der Waals surface area contributed by atoms with Crippen molar-refractivity contribution in [3.05, 3.63) is 51.0 Å². The summed E-state index contributed by atoms with van der Waals surface area (Å²) in [5.74, 6) is -0.128. The molecule has 26 heavy (non-hydrogen) atoms. The van der Waals surface area contributed by atoms with E-state index in [1.807, 2.05) is 0 Å². The number of hydrogen-bond acceptors (Lipinski definition) is 7. The number of esters is 1. The number of methoxy groups -OCH3 is 1. The topological polar surface area (TPSA) is 121 Å². The van der Waals surface area contributed by atoms with Crippen LogP contribution in [0.5, 0.6) is 5.75 Å². The molecule has 1 heterocycles. The minimum atomic E-state index is -0.664. The summed E-state index contributed by atoms with van der Waals surface area (Å²) in [5.41, 5.74) is 1.01. The number of nitrogens with one attached hydrogen (secondary N) is 1. The van der Waals surface area contributed by atoms with Crippen LogP contribution in [0.15, 0.2) is 22.6 Å². The number of amides is 1. The van der Waals surface area contributed by atoms with Gasteiger partial charge in [0.15, 0.2) is 6.61 Å². The summed E-state index contributed by atoms with van der Waals surface area (Å²) in [6, 6.07) is 3.75. The molecule has 0 unspecified atom stereocenters. The average Bonchev–Trinajstić information content (AvgIpc) is 2.85. The van der Waals surface area contributed by atoms with Crippen LogP contribution in [0, 0.1) is 30.9 Å². The van der Waals surface area contributed by atoms with Gasteiger partial charge in [0.2, 0.25) is 0 Å². The molecular weight excluding hydrogens is 344 g/mol. The maximum atomic E-state index is 12.1. The first-order valence-electron chi connectivity index (χ1n) is 7.60. The first kappa shape index (κ1) is 19.0. The number of hydrogen-bond donors (Lipinski definition) is 1. The summed E-state index contributed by atoms with van der Waals surface area (Å²) in [6.45, 7) is 4.57. The van der Waals surface area contributed by atoms with Crippen LogP contribution in [-0.4, -0.2) is 30.5 Å². The lowest BCUT2D eigenvalue weighted by atomic mass is 10.1. The highest BCUT2D eigenvalue weighted by Crippen LogP contribution is 2.29. The van der Waals surface area contributed by atoms with Crippen molar-refractivity contribution in [2.45, 2.75) is 20.8 Å². The van der Waals surface area contributed by atoms with Crippen molar-refractivity contribution in [2.75, 3.05) is 19.0 Å². The van der Waals surface area contributed by atoms with E-state index >= 15 is 0 Å². The van der Waals surface area contributed by atoms with Gasteiger partial charge in [-0.2, -0.15) is 0 Å². The van der Waals surface area contributed by atoms with Crippen LogP contribution in [0.1, 0.15) is 27.4 Å². The first-order valence-corrected chi connectivity index (χ1v) is 7.60. The molecular formula is C17H18N2O7. The minimum absolute atomic E-state index is 0.121. The summed E-state index contributed by atoms with van der Waals surface area (Å²) in [4.78, 5) is 34.3. The van der Waals surface area contributed by atoms with Gasteiger partial charge in [0.1, 0.15) is 22.8 Å². The Morgan fingerprint density at radius 3 is 2.46 bits per heavy atom. The molecule has 2 rings (SSSR count). The van der Waals surface area contributed by atoms with Gasteiger partial charge in [0, 0.05) is 11.6 Å². The predicted molar refractivity (Wildman–Crippen MR) is 91.5 cm³/mol. The monoisotopic (exact) mass is 362 g/mol. The second kappa shape index (κ2) is 7.68. The van der Waals surface area contributed by atoms with E-state index < -0.39 is 23.4 Å². The second-order valence-electron chi connectivity index (χ2n) is 5.48. The van der Waals surface area contributed by atoms with E-state index in [0.29, 0.717) is 22.6 Å². The summed E-state index contributed by atoms with van der Waals surface area (Å²) in [6.07, 6.45) is 0. The normalized spacial score (nSPS) is 10.3. The van der Waals surface area contributed by atoms with Crippen molar-refractivity contribution in [2.24, 2.45) is 0 Å². The van der Waals surface area contributed by atoms with E-state index in [-0.39, 0.29) is 17.1 Å². The number of furan rings is 1. The molecule has 1 aromatic carbocycles. The van der Waals surface area contributed by atoms with E-state index in [4.69, 9.17) is 13.9 Å². The molecule has 0 spiro atoms. The number of ether oxygens (including phenoxy) is 2. The molecule has 1 amide bonds. The SMILES string of the molecule is COc1cc([N+](=O)[O-])ccc1NC(=O)COC(=O)c1c(C)oc(C)c1C. The molecule has 0 bridgehead atoms. The van der Waals surface area contributed by atoms with Gasteiger partial charge in [0.25, 0.3) is 11.6 Å². The lowest BCUT2D eigenvalue weighted by Crippen LogP contribution is -2.21. The van der Waals surface area contributed by atoms with Crippen LogP contribution in [0.25, 0.3) is 0 Å². The third kappa shape index (κ3) is 4.00. The third-order valence-corrected chi connectivity index (χ3v) is 3.77. The number of nitro benzene ring substituents is 1. The molecule has 138 valence electrons. The minimum Gasteiger partial charge on any atom is -0.494 e. The number of rotatable bonds is 6. The van der Waals surface area contributed by atoms with Crippen LogP contribution >= 0.6 is 0 Å². The van der Waals surface area contributed by atoms with Gasteiger partial charge < -0.3 is 19.2 Å². The van der Waals surface area contributed by atoms with Gasteiger partial charge in [-0.05, 0) is 26.8 Å². The van der Waals surface area contributed by atoms with Crippen LogP contribution in [0.2, 0.25) is 0 Å². The maximum absolute atomic E-state index is 12.1. The number of carbonyl (C=O) groups is 2. The highest BCUT2D eigenvalue weighted by Gasteiger charge is 2.21. The van der Waals surface area contributed by atoms with Gasteiger partial charge in [0.05, 0.1) is 23.8 Å². The number of anilines is 1. The van der Waals surface area contributed by atoms with Crippen molar-refractivity contribution in [1.29, 1.82) is 0 Å². The molecule has 0 aliphatic carbocycles. The average molecular weight is 362 g/mol. The largest absolute Gasteiger partial charge is 0.494 e. The van der Waals surface area contributed by atoms with Crippen LogP contribution < -0.4 is 10.1 Å². The Labute approximate surface area is 149 Å². The van der Waals surface area contributed by atoms with Crippen molar-refractivity contribution < 1.29 is 28.4 Å². The van der Waals surface area contributed by atoms with Gasteiger partial charge in [-0.3, -0.25) is 14.9 Å². The van der Waals surface area contributed by atoms with Crippen molar-refractivity contribution in [3.8, 4) is 5.75 Å². The predicted octanol–water partition coefficient (Wildman–Crippen LogP) is 2.92. The Bertz CT molecular complexity index is 870. The fourth-order valence-corrected chi connectivity index (χ4v) is 2.38.